The third kappa shape index (κ3) is 7.70. The van der Waals surface area contributed by atoms with E-state index in [1.807, 2.05) is 49.6 Å². The Hall–Kier alpha value is -2.77. The smallest absolute Gasteiger partial charge is 0.423 e. The maximum atomic E-state index is 11.9. The number of nitrogens with one attached hydrogen (secondary N) is 3. The first-order chi connectivity index (χ1) is 10.9. The first-order valence-corrected chi connectivity index (χ1v) is 7.14. The number of ether oxygens (including phenoxy) is 1. The van der Waals surface area contributed by atoms with Crippen molar-refractivity contribution in [2.24, 2.45) is 5.92 Å². The molecule has 1 aromatic carbocycles. The van der Waals surface area contributed by atoms with Crippen molar-refractivity contribution in [2.75, 3.05) is 0 Å². The van der Waals surface area contributed by atoms with Gasteiger partial charge in [-0.2, -0.15) is 0 Å². The fourth-order valence-corrected chi connectivity index (χ4v) is 1.81. The molecule has 0 spiro atoms. The SMILES string of the molecule is CC(C)C[C@H](NC(=O)OCc1ccccc1)C(=O)NNC(=O)O. The Bertz CT molecular complexity index is 533. The van der Waals surface area contributed by atoms with E-state index >= 15 is 0 Å². The Morgan fingerprint density at radius 1 is 1.13 bits per heavy atom. The van der Waals surface area contributed by atoms with Gasteiger partial charge in [-0.05, 0) is 17.9 Å². The van der Waals surface area contributed by atoms with Gasteiger partial charge in [-0.15, -0.1) is 0 Å². The number of hydrazine groups is 1. The molecule has 8 heteroatoms. The highest BCUT2D eigenvalue weighted by atomic mass is 16.5. The predicted octanol–water partition coefficient (Wildman–Crippen LogP) is 1.63. The van der Waals surface area contributed by atoms with Crippen LogP contribution in [0.2, 0.25) is 0 Å². The highest BCUT2D eigenvalue weighted by molar-refractivity contribution is 5.86. The molecule has 3 amide bonds. The highest BCUT2D eigenvalue weighted by Crippen LogP contribution is 2.06. The summed E-state index contributed by atoms with van der Waals surface area (Å²) in [4.78, 5) is 34.1. The molecule has 0 saturated heterocycles. The van der Waals surface area contributed by atoms with E-state index in [4.69, 9.17) is 9.84 Å². The average Bonchev–Trinajstić information content (AvgIpc) is 2.50. The lowest BCUT2D eigenvalue weighted by atomic mass is 10.0. The van der Waals surface area contributed by atoms with Gasteiger partial charge in [0, 0.05) is 0 Å². The van der Waals surface area contributed by atoms with Crippen molar-refractivity contribution in [3.8, 4) is 0 Å². The first kappa shape index (κ1) is 18.3. The zero-order valence-corrected chi connectivity index (χ0v) is 13.0. The largest absolute Gasteiger partial charge is 0.464 e. The van der Waals surface area contributed by atoms with Gasteiger partial charge in [-0.1, -0.05) is 44.2 Å². The van der Waals surface area contributed by atoms with Gasteiger partial charge in [-0.3, -0.25) is 10.2 Å². The molecular weight excluding hydrogens is 302 g/mol. The molecule has 0 saturated carbocycles. The van der Waals surface area contributed by atoms with Crippen LogP contribution in [0.4, 0.5) is 9.59 Å². The van der Waals surface area contributed by atoms with Crippen LogP contribution in [0.1, 0.15) is 25.8 Å². The third-order valence-electron chi connectivity index (χ3n) is 2.82. The lowest BCUT2D eigenvalue weighted by Crippen LogP contribution is -2.52. The van der Waals surface area contributed by atoms with Gasteiger partial charge in [0.1, 0.15) is 12.6 Å². The second-order valence-corrected chi connectivity index (χ2v) is 5.31. The molecule has 0 radical (unpaired) electrons. The van der Waals surface area contributed by atoms with E-state index in [0.29, 0.717) is 6.42 Å². The highest BCUT2D eigenvalue weighted by Gasteiger charge is 2.23. The van der Waals surface area contributed by atoms with E-state index in [-0.39, 0.29) is 12.5 Å². The lowest BCUT2D eigenvalue weighted by molar-refractivity contribution is -0.124. The van der Waals surface area contributed by atoms with Crippen LogP contribution in [-0.4, -0.2) is 29.2 Å². The van der Waals surface area contributed by atoms with E-state index in [1.165, 1.54) is 0 Å². The summed E-state index contributed by atoms with van der Waals surface area (Å²) in [6.45, 7) is 3.83. The van der Waals surface area contributed by atoms with Crippen molar-refractivity contribution in [1.29, 1.82) is 0 Å². The fourth-order valence-electron chi connectivity index (χ4n) is 1.81. The zero-order valence-electron chi connectivity index (χ0n) is 13.0. The van der Waals surface area contributed by atoms with Gasteiger partial charge in [-0.25, -0.2) is 15.0 Å². The van der Waals surface area contributed by atoms with Crippen LogP contribution < -0.4 is 16.2 Å². The van der Waals surface area contributed by atoms with Crippen LogP contribution in [0.15, 0.2) is 30.3 Å². The van der Waals surface area contributed by atoms with E-state index in [0.717, 1.165) is 5.56 Å². The Labute approximate surface area is 134 Å². The molecule has 4 N–H and O–H groups in total. The summed E-state index contributed by atoms with van der Waals surface area (Å²) in [5.41, 5.74) is 4.58. The summed E-state index contributed by atoms with van der Waals surface area (Å²) in [5.74, 6) is -0.539. The number of rotatable bonds is 6. The molecule has 126 valence electrons. The molecule has 0 unspecified atom stereocenters. The fraction of sp³-hybridized carbons (Fsp3) is 0.400. The molecule has 0 aliphatic rings. The predicted molar refractivity (Wildman–Crippen MR) is 82.3 cm³/mol. The Balaban J connectivity index is 2.52. The Kier molecular flexibility index (Phi) is 7.38. The lowest BCUT2D eigenvalue weighted by Gasteiger charge is -2.19. The summed E-state index contributed by atoms with van der Waals surface area (Å²) in [5, 5.41) is 10.9. The van der Waals surface area contributed by atoms with Crippen LogP contribution in [0.3, 0.4) is 0 Å². The van der Waals surface area contributed by atoms with Crippen molar-refractivity contribution in [3.05, 3.63) is 35.9 Å². The van der Waals surface area contributed by atoms with Crippen LogP contribution in [0.25, 0.3) is 0 Å². The van der Waals surface area contributed by atoms with Crippen molar-refractivity contribution < 1.29 is 24.2 Å². The summed E-state index contributed by atoms with van der Waals surface area (Å²) >= 11 is 0. The number of carbonyl (C=O) groups is 3. The van der Waals surface area contributed by atoms with Crippen molar-refractivity contribution in [1.82, 2.24) is 16.2 Å². The maximum Gasteiger partial charge on any atom is 0.423 e. The van der Waals surface area contributed by atoms with Crippen LogP contribution in [0, 0.1) is 5.92 Å². The molecule has 23 heavy (non-hydrogen) atoms. The van der Waals surface area contributed by atoms with Crippen molar-refractivity contribution in [2.45, 2.75) is 32.9 Å². The van der Waals surface area contributed by atoms with E-state index in [2.05, 4.69) is 5.32 Å². The van der Waals surface area contributed by atoms with Crippen molar-refractivity contribution in [3.63, 3.8) is 0 Å². The van der Waals surface area contributed by atoms with Gasteiger partial charge in [0.2, 0.25) is 0 Å². The molecular formula is C15H21N3O5. The van der Waals surface area contributed by atoms with Crippen LogP contribution in [0.5, 0.6) is 0 Å². The number of alkyl carbamates (subject to hydrolysis) is 1. The first-order valence-electron chi connectivity index (χ1n) is 7.14. The minimum atomic E-state index is -1.40. The summed E-state index contributed by atoms with van der Waals surface area (Å²) in [6, 6.07) is 8.21. The second kappa shape index (κ2) is 9.29. The van der Waals surface area contributed by atoms with Crippen molar-refractivity contribution >= 4 is 18.1 Å². The standard InChI is InChI=1S/C15H21N3O5/c1-10(2)8-12(13(19)17-18-14(20)21)16-15(22)23-9-11-6-4-3-5-7-11/h3-7,10,12,18H,8-9H2,1-2H3,(H,16,22)(H,17,19)(H,20,21)/t12-/m0/s1. The Morgan fingerprint density at radius 2 is 1.78 bits per heavy atom. The number of amides is 3. The van der Waals surface area contributed by atoms with E-state index in [1.54, 1.807) is 5.43 Å². The molecule has 1 atom stereocenters. The van der Waals surface area contributed by atoms with Crippen LogP contribution in [-0.2, 0) is 16.1 Å². The minimum Gasteiger partial charge on any atom is -0.464 e. The molecule has 1 aromatic rings. The molecule has 0 aliphatic heterocycles. The summed E-state index contributed by atoms with van der Waals surface area (Å²) < 4.78 is 5.05. The van der Waals surface area contributed by atoms with Gasteiger partial charge in [0.05, 0.1) is 0 Å². The van der Waals surface area contributed by atoms with Gasteiger partial charge in [0.15, 0.2) is 0 Å². The zero-order chi connectivity index (χ0) is 17.2. The number of hydrogen-bond donors (Lipinski definition) is 4. The summed E-state index contributed by atoms with van der Waals surface area (Å²) in [7, 11) is 0. The maximum absolute atomic E-state index is 11.9. The minimum absolute atomic E-state index is 0.0794. The third-order valence-corrected chi connectivity index (χ3v) is 2.82. The number of carbonyl (C=O) groups excluding carboxylic acids is 2. The monoisotopic (exact) mass is 323 g/mol. The summed E-state index contributed by atoms with van der Waals surface area (Å²) in [6.07, 6.45) is -1.80. The Morgan fingerprint density at radius 3 is 2.35 bits per heavy atom. The average molecular weight is 323 g/mol. The molecule has 8 nitrogen and oxygen atoms in total. The molecule has 0 aromatic heterocycles. The number of carboxylic acid groups (broad SMARTS) is 1. The molecule has 0 fully saturated rings. The molecule has 0 heterocycles. The van der Waals surface area contributed by atoms with Gasteiger partial charge < -0.3 is 15.2 Å². The number of hydrogen-bond acceptors (Lipinski definition) is 4. The molecule has 0 aliphatic carbocycles. The topological polar surface area (TPSA) is 117 Å². The van der Waals surface area contributed by atoms with Crippen LogP contribution >= 0.6 is 0 Å². The van der Waals surface area contributed by atoms with E-state index in [9.17, 15) is 14.4 Å². The normalized spacial score (nSPS) is 11.4. The molecule has 0 bridgehead atoms. The molecule has 1 rings (SSSR count). The quantitative estimate of drug-likeness (QED) is 0.594. The van der Waals surface area contributed by atoms with Gasteiger partial charge in [0.25, 0.3) is 5.91 Å². The second-order valence-electron chi connectivity index (χ2n) is 5.31. The number of benzene rings is 1. The van der Waals surface area contributed by atoms with Gasteiger partial charge >= 0.3 is 12.2 Å². The van der Waals surface area contributed by atoms with E-state index < -0.39 is 24.1 Å².